The van der Waals surface area contributed by atoms with Gasteiger partial charge in [-0.05, 0) is 83.1 Å². The second-order valence-electron chi connectivity index (χ2n) is 10.9. The van der Waals surface area contributed by atoms with Crippen molar-refractivity contribution < 1.29 is 19.1 Å². The van der Waals surface area contributed by atoms with Crippen LogP contribution in [0.3, 0.4) is 0 Å². The molecular formula is C25H35N3O4S. The number of nitrogens with one attached hydrogen (secondary N) is 1. The van der Waals surface area contributed by atoms with Gasteiger partial charge in [-0.1, -0.05) is 13.3 Å². The van der Waals surface area contributed by atoms with E-state index < -0.39 is 17.6 Å². The van der Waals surface area contributed by atoms with Gasteiger partial charge in [0.25, 0.3) is 0 Å². The standard InChI is InChI=1S/C25H35N3O4S/c1-14-11-17(14)9-10-18-21(29)20-15(2)19(12-26-27-24(31)32-25(3,4)5)33-23(20)28(22(18)30)13-16-7-6-8-16/h12,14,16-18H,6-11,13H2,1-5H3,(H,27,31)/b26-12+/t14-,17-,18?/m0/s1. The van der Waals surface area contributed by atoms with E-state index in [1.807, 2.05) is 11.8 Å². The zero-order valence-electron chi connectivity index (χ0n) is 20.3. The maximum absolute atomic E-state index is 13.5. The predicted molar refractivity (Wildman–Crippen MR) is 130 cm³/mol. The Kier molecular flexibility index (Phi) is 6.67. The Morgan fingerprint density at radius 2 is 1.97 bits per heavy atom. The summed E-state index contributed by atoms with van der Waals surface area (Å²) in [5.41, 5.74) is 3.25. The van der Waals surface area contributed by atoms with E-state index in [0.29, 0.717) is 36.3 Å². The number of fused-ring (bicyclic) bond motifs is 1. The first-order valence-corrected chi connectivity index (χ1v) is 12.9. The van der Waals surface area contributed by atoms with Gasteiger partial charge in [0, 0.05) is 6.54 Å². The van der Waals surface area contributed by atoms with Gasteiger partial charge in [-0.15, -0.1) is 11.3 Å². The number of nitrogens with zero attached hydrogens (tertiary/aromatic N) is 2. The van der Waals surface area contributed by atoms with Crippen molar-refractivity contribution in [3.8, 4) is 0 Å². The number of rotatable bonds is 7. The molecule has 0 radical (unpaired) electrons. The molecule has 2 aliphatic carbocycles. The Morgan fingerprint density at radius 3 is 2.55 bits per heavy atom. The molecule has 7 nitrogen and oxygen atoms in total. The topological polar surface area (TPSA) is 88.1 Å². The lowest BCUT2D eigenvalue weighted by molar-refractivity contribution is -0.121. The van der Waals surface area contributed by atoms with Crippen LogP contribution in [0, 0.1) is 30.6 Å². The van der Waals surface area contributed by atoms with Crippen LogP contribution in [0.25, 0.3) is 0 Å². The minimum Gasteiger partial charge on any atom is -0.443 e. The average molecular weight is 474 g/mol. The molecule has 2 amide bonds. The zero-order chi connectivity index (χ0) is 23.9. The Balaban J connectivity index is 1.55. The number of thiophene rings is 1. The molecule has 2 fully saturated rings. The third kappa shape index (κ3) is 5.31. The normalized spacial score (nSPS) is 25.2. The summed E-state index contributed by atoms with van der Waals surface area (Å²) >= 11 is 1.40. The summed E-state index contributed by atoms with van der Waals surface area (Å²) in [6.07, 6.45) is 7.16. The molecule has 1 N–H and O–H groups in total. The summed E-state index contributed by atoms with van der Waals surface area (Å²) in [5, 5.41) is 4.77. The third-order valence-electron chi connectivity index (χ3n) is 7.04. The number of ether oxygens (including phenoxy) is 1. The van der Waals surface area contributed by atoms with Crippen LogP contribution in [0.4, 0.5) is 9.80 Å². The molecule has 4 rings (SSSR count). The van der Waals surface area contributed by atoms with E-state index >= 15 is 0 Å². The van der Waals surface area contributed by atoms with Crippen LogP contribution in [-0.4, -0.2) is 36.1 Å². The Bertz CT molecular complexity index is 973. The van der Waals surface area contributed by atoms with Gasteiger partial charge >= 0.3 is 6.09 Å². The summed E-state index contributed by atoms with van der Waals surface area (Å²) in [6, 6.07) is 0. The molecule has 1 aromatic heterocycles. The highest BCUT2D eigenvalue weighted by atomic mass is 32.1. The number of hydrogen-bond acceptors (Lipinski definition) is 6. The maximum atomic E-state index is 13.5. The van der Waals surface area contributed by atoms with Crippen molar-refractivity contribution in [2.45, 2.75) is 78.7 Å². The van der Waals surface area contributed by atoms with Crippen molar-refractivity contribution in [1.29, 1.82) is 0 Å². The largest absolute Gasteiger partial charge is 0.443 e. The van der Waals surface area contributed by atoms with Crippen molar-refractivity contribution in [2.24, 2.45) is 28.8 Å². The van der Waals surface area contributed by atoms with E-state index in [1.54, 1.807) is 27.0 Å². The molecule has 2 heterocycles. The molecule has 0 bridgehead atoms. The van der Waals surface area contributed by atoms with E-state index in [9.17, 15) is 14.4 Å². The lowest BCUT2D eigenvalue weighted by Gasteiger charge is -2.36. The zero-order valence-corrected chi connectivity index (χ0v) is 21.1. The molecule has 1 unspecified atom stereocenters. The smallest absolute Gasteiger partial charge is 0.428 e. The number of Topliss-reactive ketones (excluding diaryl/α,β-unsaturated/α-hetero) is 1. The van der Waals surface area contributed by atoms with Gasteiger partial charge in [-0.3, -0.25) is 9.59 Å². The monoisotopic (exact) mass is 473 g/mol. The summed E-state index contributed by atoms with van der Waals surface area (Å²) in [7, 11) is 0. The van der Waals surface area contributed by atoms with Crippen LogP contribution >= 0.6 is 11.3 Å². The number of anilines is 1. The molecule has 8 heteroatoms. The van der Waals surface area contributed by atoms with Gasteiger partial charge in [0.05, 0.1) is 16.7 Å². The fourth-order valence-electron chi connectivity index (χ4n) is 4.68. The van der Waals surface area contributed by atoms with E-state index in [-0.39, 0.29) is 11.7 Å². The number of amides is 2. The number of carbonyl (C=O) groups is 3. The van der Waals surface area contributed by atoms with E-state index in [4.69, 9.17) is 4.74 Å². The second kappa shape index (κ2) is 9.20. The highest BCUT2D eigenvalue weighted by molar-refractivity contribution is 7.18. The minimum absolute atomic E-state index is 0.0377. The van der Waals surface area contributed by atoms with Crippen molar-refractivity contribution in [3.05, 3.63) is 16.0 Å². The first-order valence-electron chi connectivity index (χ1n) is 12.1. The molecule has 2 saturated carbocycles. The molecule has 180 valence electrons. The van der Waals surface area contributed by atoms with Gasteiger partial charge in [0.15, 0.2) is 5.78 Å². The molecule has 3 atom stereocenters. The van der Waals surface area contributed by atoms with Crippen LogP contribution < -0.4 is 10.3 Å². The highest BCUT2D eigenvalue weighted by Gasteiger charge is 2.44. The van der Waals surface area contributed by atoms with E-state index in [0.717, 1.165) is 34.7 Å². The summed E-state index contributed by atoms with van der Waals surface area (Å²) < 4.78 is 5.20. The van der Waals surface area contributed by atoms with Crippen LogP contribution in [0.2, 0.25) is 0 Å². The molecule has 0 aromatic carbocycles. The van der Waals surface area contributed by atoms with Crippen LogP contribution in [0.1, 0.15) is 87.0 Å². The first kappa shape index (κ1) is 23.9. The molecule has 1 aliphatic heterocycles. The van der Waals surface area contributed by atoms with Crippen LogP contribution in [0.5, 0.6) is 0 Å². The number of carbonyl (C=O) groups excluding carboxylic acids is 3. The molecule has 0 saturated heterocycles. The Hall–Kier alpha value is -2.22. The van der Waals surface area contributed by atoms with E-state index in [1.165, 1.54) is 24.2 Å². The summed E-state index contributed by atoms with van der Waals surface area (Å²) in [4.78, 5) is 41.4. The Labute approximate surface area is 199 Å². The number of hydrazone groups is 1. The molecule has 0 spiro atoms. The number of ketones is 1. The van der Waals surface area contributed by atoms with E-state index in [2.05, 4.69) is 17.5 Å². The third-order valence-corrected chi connectivity index (χ3v) is 8.29. The fourth-order valence-corrected chi connectivity index (χ4v) is 5.88. The molecule has 3 aliphatic rings. The van der Waals surface area contributed by atoms with Crippen molar-refractivity contribution in [3.63, 3.8) is 0 Å². The second-order valence-corrected chi connectivity index (χ2v) is 11.9. The lowest BCUT2D eigenvalue weighted by Crippen LogP contribution is -2.47. The van der Waals surface area contributed by atoms with Gasteiger partial charge in [-0.2, -0.15) is 5.10 Å². The van der Waals surface area contributed by atoms with Gasteiger partial charge in [0.2, 0.25) is 5.91 Å². The molecule has 1 aromatic rings. The maximum Gasteiger partial charge on any atom is 0.428 e. The first-order chi connectivity index (χ1) is 15.5. The highest BCUT2D eigenvalue weighted by Crippen LogP contribution is 2.46. The van der Waals surface area contributed by atoms with Gasteiger partial charge in [-0.25, -0.2) is 10.2 Å². The number of hydrogen-bond donors (Lipinski definition) is 1. The molecular weight excluding hydrogens is 438 g/mol. The summed E-state index contributed by atoms with van der Waals surface area (Å²) in [6.45, 7) is 10.2. The Morgan fingerprint density at radius 1 is 1.27 bits per heavy atom. The van der Waals surface area contributed by atoms with Gasteiger partial charge in [0.1, 0.15) is 16.5 Å². The molecule has 33 heavy (non-hydrogen) atoms. The quantitative estimate of drug-likeness (QED) is 0.331. The average Bonchev–Trinajstić information content (AvgIpc) is 3.28. The minimum atomic E-state index is -0.634. The van der Waals surface area contributed by atoms with Crippen LogP contribution in [-0.2, 0) is 9.53 Å². The van der Waals surface area contributed by atoms with Crippen molar-refractivity contribution >= 4 is 40.3 Å². The summed E-state index contributed by atoms with van der Waals surface area (Å²) in [5.74, 6) is 1.20. The lowest BCUT2D eigenvalue weighted by atomic mass is 9.82. The van der Waals surface area contributed by atoms with Crippen molar-refractivity contribution in [2.75, 3.05) is 11.4 Å². The van der Waals surface area contributed by atoms with Crippen molar-refractivity contribution in [1.82, 2.24) is 5.43 Å². The SMILES string of the molecule is Cc1c(/C=N/NC(=O)OC(C)(C)C)sc2c1C(=O)C(CC[C@H]1C[C@@H]1C)C(=O)N2CC1CCC1. The van der Waals surface area contributed by atoms with Crippen LogP contribution in [0.15, 0.2) is 5.10 Å². The van der Waals surface area contributed by atoms with Gasteiger partial charge < -0.3 is 9.64 Å². The fraction of sp³-hybridized carbons (Fsp3) is 0.680. The predicted octanol–water partition coefficient (Wildman–Crippen LogP) is 5.30.